The fraction of sp³-hybridized carbons (Fsp3) is 0.200. The maximum Gasteiger partial charge on any atom is 0.123 e. The molecule has 0 saturated carbocycles. The Morgan fingerprint density at radius 3 is 2.62 bits per heavy atom. The highest BCUT2D eigenvalue weighted by molar-refractivity contribution is 5.33. The Balaban J connectivity index is 2.52. The zero-order chi connectivity index (χ0) is 9.52. The van der Waals surface area contributed by atoms with Gasteiger partial charge in [-0.05, 0) is 24.3 Å². The Kier molecular flexibility index (Phi) is 3.97. The molecule has 0 aliphatic rings. The second-order valence-corrected chi connectivity index (χ2v) is 2.43. The fourth-order valence-corrected chi connectivity index (χ4v) is 0.808. The Hall–Kier alpha value is -1.37. The third-order valence-electron chi connectivity index (χ3n) is 1.42. The van der Waals surface area contributed by atoms with E-state index in [1.807, 2.05) is 0 Å². The largest absolute Gasteiger partial charge is 0.304 e. The minimum Gasteiger partial charge on any atom is -0.304 e. The molecule has 0 unspecified atom stereocenters. The molecule has 0 radical (unpaired) electrons. The van der Waals surface area contributed by atoms with Crippen LogP contribution in [0.2, 0.25) is 0 Å². The molecule has 0 spiro atoms. The van der Waals surface area contributed by atoms with E-state index in [1.54, 1.807) is 12.1 Å². The SMILES string of the molecule is NOCCC#Cc1ccc(F)cc1. The van der Waals surface area contributed by atoms with Crippen molar-refractivity contribution in [3.05, 3.63) is 35.6 Å². The number of hydrogen-bond acceptors (Lipinski definition) is 2. The van der Waals surface area contributed by atoms with E-state index in [0.29, 0.717) is 13.0 Å². The fourth-order valence-electron chi connectivity index (χ4n) is 0.808. The van der Waals surface area contributed by atoms with E-state index in [1.165, 1.54) is 12.1 Å². The molecule has 0 aromatic heterocycles. The number of hydrogen-bond donors (Lipinski definition) is 1. The molecule has 1 aromatic carbocycles. The number of halogens is 1. The summed E-state index contributed by atoms with van der Waals surface area (Å²) >= 11 is 0. The van der Waals surface area contributed by atoms with Gasteiger partial charge in [0.2, 0.25) is 0 Å². The van der Waals surface area contributed by atoms with Crippen molar-refractivity contribution in [1.82, 2.24) is 0 Å². The van der Waals surface area contributed by atoms with Gasteiger partial charge in [-0.25, -0.2) is 10.3 Å². The van der Waals surface area contributed by atoms with Crippen LogP contribution in [0.4, 0.5) is 4.39 Å². The maximum atomic E-state index is 12.4. The highest BCUT2D eigenvalue weighted by Gasteiger charge is 1.87. The van der Waals surface area contributed by atoms with Crippen molar-refractivity contribution in [2.24, 2.45) is 5.90 Å². The van der Waals surface area contributed by atoms with Crippen molar-refractivity contribution < 1.29 is 9.23 Å². The normalized spacial score (nSPS) is 9.08. The average Bonchev–Trinajstić information content (AvgIpc) is 2.15. The standard InChI is InChI=1S/C10H10FNO/c11-10-6-4-9(5-7-10)3-1-2-8-13-12/h4-7H,2,8,12H2. The van der Waals surface area contributed by atoms with Gasteiger partial charge in [0.15, 0.2) is 0 Å². The molecule has 1 rings (SSSR count). The number of benzene rings is 1. The van der Waals surface area contributed by atoms with Gasteiger partial charge in [-0.2, -0.15) is 0 Å². The summed E-state index contributed by atoms with van der Waals surface area (Å²) < 4.78 is 12.4. The van der Waals surface area contributed by atoms with E-state index in [9.17, 15) is 4.39 Å². The molecule has 13 heavy (non-hydrogen) atoms. The zero-order valence-corrected chi connectivity index (χ0v) is 7.09. The first-order valence-electron chi connectivity index (χ1n) is 3.89. The summed E-state index contributed by atoms with van der Waals surface area (Å²) in [5.74, 6) is 10.3. The topological polar surface area (TPSA) is 35.2 Å². The van der Waals surface area contributed by atoms with E-state index in [-0.39, 0.29) is 5.82 Å². The van der Waals surface area contributed by atoms with Crippen molar-refractivity contribution >= 4 is 0 Å². The van der Waals surface area contributed by atoms with Gasteiger partial charge in [0.1, 0.15) is 5.82 Å². The summed E-state index contributed by atoms with van der Waals surface area (Å²) in [6.45, 7) is 0.411. The average molecular weight is 179 g/mol. The minimum atomic E-state index is -0.254. The monoisotopic (exact) mass is 179 g/mol. The molecular weight excluding hydrogens is 169 g/mol. The molecule has 0 fully saturated rings. The van der Waals surface area contributed by atoms with E-state index in [0.717, 1.165) is 5.56 Å². The van der Waals surface area contributed by atoms with Gasteiger partial charge in [-0.15, -0.1) is 0 Å². The lowest BCUT2D eigenvalue weighted by molar-refractivity contribution is 0.144. The molecule has 2 N–H and O–H groups in total. The third kappa shape index (κ3) is 3.70. The molecule has 3 heteroatoms. The third-order valence-corrected chi connectivity index (χ3v) is 1.42. The van der Waals surface area contributed by atoms with Gasteiger partial charge in [0.25, 0.3) is 0 Å². The second-order valence-electron chi connectivity index (χ2n) is 2.43. The molecule has 0 bridgehead atoms. The van der Waals surface area contributed by atoms with Crippen LogP contribution in [0.5, 0.6) is 0 Å². The summed E-state index contributed by atoms with van der Waals surface area (Å²) in [4.78, 5) is 4.34. The predicted molar refractivity (Wildman–Crippen MR) is 48.0 cm³/mol. The van der Waals surface area contributed by atoms with Crippen molar-refractivity contribution in [3.8, 4) is 11.8 Å². The highest BCUT2D eigenvalue weighted by atomic mass is 19.1. The summed E-state index contributed by atoms with van der Waals surface area (Å²) in [6.07, 6.45) is 0.577. The van der Waals surface area contributed by atoms with Crippen LogP contribution in [0.1, 0.15) is 12.0 Å². The molecule has 68 valence electrons. The Bertz CT molecular complexity index is 310. The zero-order valence-electron chi connectivity index (χ0n) is 7.09. The molecule has 2 nitrogen and oxygen atoms in total. The van der Waals surface area contributed by atoms with E-state index in [2.05, 4.69) is 16.7 Å². The lowest BCUT2D eigenvalue weighted by Crippen LogP contribution is -1.98. The summed E-state index contributed by atoms with van der Waals surface area (Å²) in [6, 6.07) is 6.02. The highest BCUT2D eigenvalue weighted by Crippen LogP contribution is 2.00. The number of nitrogens with two attached hydrogens (primary N) is 1. The van der Waals surface area contributed by atoms with E-state index in [4.69, 9.17) is 5.90 Å². The van der Waals surface area contributed by atoms with Crippen LogP contribution < -0.4 is 5.90 Å². The van der Waals surface area contributed by atoms with Crippen LogP contribution in [0.25, 0.3) is 0 Å². The van der Waals surface area contributed by atoms with E-state index >= 15 is 0 Å². The molecular formula is C10H10FNO. The molecule has 0 amide bonds. The van der Waals surface area contributed by atoms with Crippen molar-refractivity contribution in [1.29, 1.82) is 0 Å². The van der Waals surface area contributed by atoms with Gasteiger partial charge in [0.05, 0.1) is 6.61 Å². The van der Waals surface area contributed by atoms with Crippen LogP contribution in [0.3, 0.4) is 0 Å². The number of rotatable bonds is 2. The van der Waals surface area contributed by atoms with Crippen molar-refractivity contribution in [3.63, 3.8) is 0 Å². The molecule has 0 heterocycles. The summed E-state index contributed by atoms with van der Waals surface area (Å²) in [5.41, 5.74) is 0.790. The van der Waals surface area contributed by atoms with Crippen molar-refractivity contribution in [2.45, 2.75) is 6.42 Å². The Morgan fingerprint density at radius 2 is 2.00 bits per heavy atom. The second kappa shape index (κ2) is 5.31. The quantitative estimate of drug-likeness (QED) is 0.423. The molecule has 0 atom stereocenters. The molecule has 1 aromatic rings. The minimum absolute atomic E-state index is 0.254. The molecule has 0 saturated heterocycles. The first-order valence-corrected chi connectivity index (χ1v) is 3.89. The summed E-state index contributed by atoms with van der Waals surface area (Å²) in [7, 11) is 0. The van der Waals surface area contributed by atoms with Gasteiger partial charge in [-0.1, -0.05) is 11.8 Å². The summed E-state index contributed by atoms with van der Waals surface area (Å²) in [5, 5.41) is 0. The van der Waals surface area contributed by atoms with Gasteiger partial charge in [0, 0.05) is 12.0 Å². The van der Waals surface area contributed by atoms with Crippen LogP contribution in [0, 0.1) is 17.7 Å². The predicted octanol–water partition coefficient (Wildman–Crippen LogP) is 1.46. The van der Waals surface area contributed by atoms with Crippen LogP contribution in [-0.2, 0) is 4.84 Å². The Morgan fingerprint density at radius 1 is 1.31 bits per heavy atom. The van der Waals surface area contributed by atoms with Crippen LogP contribution in [0.15, 0.2) is 24.3 Å². The van der Waals surface area contributed by atoms with Crippen LogP contribution in [-0.4, -0.2) is 6.61 Å². The lowest BCUT2D eigenvalue weighted by Gasteiger charge is -1.89. The van der Waals surface area contributed by atoms with Crippen LogP contribution >= 0.6 is 0 Å². The smallest absolute Gasteiger partial charge is 0.123 e. The first kappa shape index (κ1) is 9.72. The van der Waals surface area contributed by atoms with E-state index < -0.39 is 0 Å². The molecule has 0 aliphatic heterocycles. The maximum absolute atomic E-state index is 12.4. The first-order chi connectivity index (χ1) is 6.33. The van der Waals surface area contributed by atoms with Gasteiger partial charge >= 0.3 is 0 Å². The van der Waals surface area contributed by atoms with Gasteiger partial charge < -0.3 is 4.84 Å². The molecule has 0 aliphatic carbocycles. The Labute approximate surface area is 76.5 Å². The van der Waals surface area contributed by atoms with Crippen molar-refractivity contribution in [2.75, 3.05) is 6.61 Å². The lowest BCUT2D eigenvalue weighted by atomic mass is 10.2. The van der Waals surface area contributed by atoms with Gasteiger partial charge in [-0.3, -0.25) is 0 Å².